The number of fused-ring (bicyclic) bond motifs is 1. The highest BCUT2D eigenvalue weighted by molar-refractivity contribution is 6.07. The van der Waals surface area contributed by atoms with E-state index in [-0.39, 0.29) is 5.91 Å². The second-order valence-electron chi connectivity index (χ2n) is 6.12. The van der Waals surface area contributed by atoms with E-state index in [2.05, 4.69) is 17.2 Å². The highest BCUT2D eigenvalue weighted by Gasteiger charge is 2.23. The molecule has 1 aliphatic carbocycles. The molecule has 1 aromatic heterocycles. The highest BCUT2D eigenvalue weighted by atomic mass is 16.1. The topological polar surface area (TPSA) is 70.9 Å². The van der Waals surface area contributed by atoms with Gasteiger partial charge in [0.05, 0.1) is 5.56 Å². The number of amides is 1. The maximum absolute atomic E-state index is 12.5. The summed E-state index contributed by atoms with van der Waals surface area (Å²) in [7, 11) is 0. The van der Waals surface area contributed by atoms with E-state index in [1.807, 2.05) is 18.2 Å². The standard InChI is InChI=1S/C17H23N3O/c1-2-11-4-3-5-13(8-11)20-17(21)15-10-19-16-7-6-12(18)9-14(15)16/h6-7,9-11,13,19H,2-5,8,18H2,1H3,(H,20,21). The Kier molecular flexibility index (Phi) is 3.86. The normalized spacial score (nSPS) is 22.3. The maximum atomic E-state index is 12.5. The molecule has 1 fully saturated rings. The molecule has 2 aromatic rings. The largest absolute Gasteiger partial charge is 0.399 e. The number of carbonyl (C=O) groups is 1. The van der Waals surface area contributed by atoms with E-state index in [0.717, 1.165) is 29.7 Å². The minimum Gasteiger partial charge on any atom is -0.399 e. The molecule has 3 rings (SSSR count). The van der Waals surface area contributed by atoms with Crippen LogP contribution >= 0.6 is 0 Å². The first-order valence-corrected chi connectivity index (χ1v) is 7.85. The Labute approximate surface area is 125 Å². The van der Waals surface area contributed by atoms with E-state index in [0.29, 0.717) is 17.3 Å². The predicted octanol–water partition coefficient (Wildman–Crippen LogP) is 3.45. The predicted molar refractivity (Wildman–Crippen MR) is 86.2 cm³/mol. The fourth-order valence-electron chi connectivity index (χ4n) is 3.38. The van der Waals surface area contributed by atoms with Crippen molar-refractivity contribution in [3.63, 3.8) is 0 Å². The van der Waals surface area contributed by atoms with Crippen LogP contribution in [0.2, 0.25) is 0 Å². The van der Waals surface area contributed by atoms with Gasteiger partial charge in [-0.25, -0.2) is 0 Å². The lowest BCUT2D eigenvalue weighted by Gasteiger charge is -2.29. The quantitative estimate of drug-likeness (QED) is 0.756. The molecule has 1 aliphatic rings. The Morgan fingerprint density at radius 2 is 2.29 bits per heavy atom. The molecule has 4 heteroatoms. The van der Waals surface area contributed by atoms with Gasteiger partial charge in [-0.15, -0.1) is 0 Å². The number of carbonyl (C=O) groups excluding carboxylic acids is 1. The van der Waals surface area contributed by atoms with Crippen molar-refractivity contribution in [1.82, 2.24) is 10.3 Å². The van der Waals surface area contributed by atoms with Crippen LogP contribution in [0.15, 0.2) is 24.4 Å². The van der Waals surface area contributed by atoms with Crippen LogP contribution in [0, 0.1) is 5.92 Å². The number of nitrogen functional groups attached to an aromatic ring is 1. The van der Waals surface area contributed by atoms with Crippen LogP contribution in [0.4, 0.5) is 5.69 Å². The summed E-state index contributed by atoms with van der Waals surface area (Å²) in [5, 5.41) is 4.10. The van der Waals surface area contributed by atoms with Gasteiger partial charge in [0.1, 0.15) is 0 Å². The first kappa shape index (κ1) is 14.0. The number of rotatable bonds is 3. The first-order chi connectivity index (χ1) is 10.2. The Balaban J connectivity index is 1.76. The molecule has 4 nitrogen and oxygen atoms in total. The Bertz CT molecular complexity index is 647. The third-order valence-corrected chi connectivity index (χ3v) is 4.65. The number of benzene rings is 1. The molecular weight excluding hydrogens is 262 g/mol. The summed E-state index contributed by atoms with van der Waals surface area (Å²) in [6.45, 7) is 2.23. The molecule has 0 spiro atoms. The third-order valence-electron chi connectivity index (χ3n) is 4.65. The summed E-state index contributed by atoms with van der Waals surface area (Å²) in [6.07, 6.45) is 7.69. The third kappa shape index (κ3) is 2.89. The van der Waals surface area contributed by atoms with Crippen molar-refractivity contribution in [3.05, 3.63) is 30.0 Å². The van der Waals surface area contributed by atoms with Crippen molar-refractivity contribution >= 4 is 22.5 Å². The van der Waals surface area contributed by atoms with Gasteiger partial charge in [0.25, 0.3) is 5.91 Å². The second kappa shape index (κ2) is 5.80. The van der Waals surface area contributed by atoms with Crippen LogP contribution in [0.3, 0.4) is 0 Å². The average Bonchev–Trinajstić information content (AvgIpc) is 2.90. The summed E-state index contributed by atoms with van der Waals surface area (Å²) < 4.78 is 0. The number of nitrogens with one attached hydrogen (secondary N) is 2. The summed E-state index contributed by atoms with van der Waals surface area (Å²) in [6, 6.07) is 5.92. The van der Waals surface area contributed by atoms with Crippen molar-refractivity contribution in [1.29, 1.82) is 0 Å². The highest BCUT2D eigenvalue weighted by Crippen LogP contribution is 2.27. The van der Waals surface area contributed by atoms with E-state index < -0.39 is 0 Å². The van der Waals surface area contributed by atoms with Crippen LogP contribution in [0.25, 0.3) is 10.9 Å². The van der Waals surface area contributed by atoms with E-state index in [4.69, 9.17) is 5.73 Å². The zero-order valence-corrected chi connectivity index (χ0v) is 12.5. The molecule has 1 heterocycles. The van der Waals surface area contributed by atoms with E-state index in [9.17, 15) is 4.79 Å². The van der Waals surface area contributed by atoms with Crippen LogP contribution in [-0.4, -0.2) is 16.9 Å². The Morgan fingerprint density at radius 1 is 1.43 bits per heavy atom. The van der Waals surface area contributed by atoms with Gasteiger partial charge in [-0.2, -0.15) is 0 Å². The molecular formula is C17H23N3O. The minimum atomic E-state index is 0.00797. The number of nitrogens with two attached hydrogens (primary N) is 1. The van der Waals surface area contributed by atoms with E-state index >= 15 is 0 Å². The first-order valence-electron chi connectivity index (χ1n) is 7.85. The fraction of sp³-hybridized carbons (Fsp3) is 0.471. The van der Waals surface area contributed by atoms with Crippen molar-refractivity contribution < 1.29 is 4.79 Å². The molecule has 1 saturated carbocycles. The van der Waals surface area contributed by atoms with Crippen molar-refractivity contribution in [2.75, 3.05) is 5.73 Å². The van der Waals surface area contributed by atoms with Crippen molar-refractivity contribution in [2.24, 2.45) is 5.92 Å². The van der Waals surface area contributed by atoms with Gasteiger partial charge >= 0.3 is 0 Å². The summed E-state index contributed by atoms with van der Waals surface area (Å²) >= 11 is 0. The van der Waals surface area contributed by atoms with E-state index in [1.165, 1.54) is 19.3 Å². The monoisotopic (exact) mass is 285 g/mol. The van der Waals surface area contributed by atoms with Crippen molar-refractivity contribution in [3.8, 4) is 0 Å². The summed E-state index contributed by atoms with van der Waals surface area (Å²) in [5.41, 5.74) is 8.15. The number of hydrogen-bond donors (Lipinski definition) is 3. The lowest BCUT2D eigenvalue weighted by atomic mass is 9.84. The number of aromatic nitrogens is 1. The molecule has 2 atom stereocenters. The Hall–Kier alpha value is -1.97. The summed E-state index contributed by atoms with van der Waals surface area (Å²) in [4.78, 5) is 15.7. The molecule has 0 saturated heterocycles. The van der Waals surface area contributed by atoms with Gasteiger partial charge in [0.2, 0.25) is 0 Å². The number of aromatic amines is 1. The van der Waals surface area contributed by atoms with Gasteiger partial charge in [0, 0.05) is 28.8 Å². The van der Waals surface area contributed by atoms with Gasteiger partial charge in [-0.3, -0.25) is 4.79 Å². The molecule has 0 radical (unpaired) electrons. The maximum Gasteiger partial charge on any atom is 0.253 e. The van der Waals surface area contributed by atoms with Crippen LogP contribution in [0.5, 0.6) is 0 Å². The second-order valence-corrected chi connectivity index (χ2v) is 6.12. The molecule has 2 unspecified atom stereocenters. The lowest BCUT2D eigenvalue weighted by Crippen LogP contribution is -2.38. The lowest BCUT2D eigenvalue weighted by molar-refractivity contribution is 0.0921. The van der Waals surface area contributed by atoms with Crippen molar-refractivity contribution in [2.45, 2.75) is 45.1 Å². The molecule has 112 valence electrons. The summed E-state index contributed by atoms with van der Waals surface area (Å²) in [5.74, 6) is 0.760. The van der Waals surface area contributed by atoms with Crippen LogP contribution in [-0.2, 0) is 0 Å². The Morgan fingerprint density at radius 3 is 3.10 bits per heavy atom. The smallest absolute Gasteiger partial charge is 0.253 e. The number of H-pyrrole nitrogens is 1. The van der Waals surface area contributed by atoms with Gasteiger partial charge < -0.3 is 16.0 Å². The molecule has 1 aromatic carbocycles. The average molecular weight is 285 g/mol. The van der Waals surface area contributed by atoms with Gasteiger partial charge in [0.15, 0.2) is 0 Å². The van der Waals surface area contributed by atoms with Gasteiger partial charge in [-0.1, -0.05) is 26.2 Å². The molecule has 0 bridgehead atoms. The minimum absolute atomic E-state index is 0.00797. The molecule has 21 heavy (non-hydrogen) atoms. The number of anilines is 1. The SMILES string of the molecule is CCC1CCCC(NC(=O)c2c[nH]c3ccc(N)cc23)C1. The molecule has 0 aliphatic heterocycles. The zero-order valence-electron chi connectivity index (χ0n) is 12.5. The zero-order chi connectivity index (χ0) is 14.8. The number of hydrogen-bond acceptors (Lipinski definition) is 2. The molecule has 4 N–H and O–H groups in total. The molecule has 1 amide bonds. The van der Waals surface area contributed by atoms with Gasteiger partial charge in [-0.05, 0) is 37.0 Å². The van der Waals surface area contributed by atoms with Crippen LogP contribution in [0.1, 0.15) is 49.4 Å². The van der Waals surface area contributed by atoms with E-state index in [1.54, 1.807) is 6.20 Å². The van der Waals surface area contributed by atoms with Crippen LogP contribution < -0.4 is 11.1 Å². The fourth-order valence-corrected chi connectivity index (χ4v) is 3.38.